The molecule has 0 fully saturated rings. The summed E-state index contributed by atoms with van der Waals surface area (Å²) in [5.74, 6) is 1.66. The van der Waals surface area contributed by atoms with Crippen molar-refractivity contribution >= 4 is 5.91 Å². The van der Waals surface area contributed by atoms with Crippen LogP contribution in [0.4, 0.5) is 0 Å². The van der Waals surface area contributed by atoms with Gasteiger partial charge in [-0.2, -0.15) is 4.68 Å². The lowest BCUT2D eigenvalue weighted by Gasteiger charge is -2.08. The molecule has 0 atom stereocenters. The minimum atomic E-state index is -0.00530. The Labute approximate surface area is 123 Å². The number of hydrogen-bond donors (Lipinski definition) is 1. The van der Waals surface area contributed by atoms with Crippen LogP contribution < -0.4 is 10.1 Å². The lowest BCUT2D eigenvalue weighted by atomic mass is 10.1. The number of amides is 1. The summed E-state index contributed by atoms with van der Waals surface area (Å²) in [4.78, 5) is 11.7. The molecule has 0 saturated heterocycles. The van der Waals surface area contributed by atoms with Crippen LogP contribution in [0.2, 0.25) is 0 Å². The summed E-state index contributed by atoms with van der Waals surface area (Å²) in [7, 11) is 1.61. The second-order valence-electron chi connectivity index (χ2n) is 5.08. The number of hydrogen-bond acceptors (Lipinski definition) is 5. The average molecular weight is 289 g/mol. The molecule has 0 bridgehead atoms. The van der Waals surface area contributed by atoms with Crippen molar-refractivity contribution in [1.29, 1.82) is 0 Å². The van der Waals surface area contributed by atoms with E-state index in [9.17, 15) is 4.79 Å². The van der Waals surface area contributed by atoms with Crippen molar-refractivity contribution in [2.24, 2.45) is 5.92 Å². The minimum absolute atomic E-state index is 0.00530. The Balaban J connectivity index is 2.05. The zero-order chi connectivity index (χ0) is 15.2. The molecule has 0 unspecified atom stereocenters. The van der Waals surface area contributed by atoms with Crippen LogP contribution in [0, 0.1) is 5.92 Å². The van der Waals surface area contributed by atoms with E-state index in [2.05, 4.69) is 20.8 Å². The van der Waals surface area contributed by atoms with Gasteiger partial charge in [0, 0.05) is 6.42 Å². The molecular formula is C14H19N5O2. The summed E-state index contributed by atoms with van der Waals surface area (Å²) in [5, 5.41) is 14.4. The first kappa shape index (κ1) is 15.0. The van der Waals surface area contributed by atoms with Crippen molar-refractivity contribution in [2.75, 3.05) is 7.11 Å². The van der Waals surface area contributed by atoms with E-state index >= 15 is 0 Å². The molecule has 112 valence electrons. The molecule has 2 rings (SSSR count). The number of methoxy groups -OCH3 is 1. The van der Waals surface area contributed by atoms with Crippen LogP contribution in [-0.2, 0) is 11.3 Å². The molecule has 7 nitrogen and oxygen atoms in total. The molecular weight excluding hydrogens is 270 g/mol. The van der Waals surface area contributed by atoms with Crippen LogP contribution in [0.5, 0.6) is 5.75 Å². The predicted octanol–water partition coefficient (Wildman–Crippen LogP) is 1.33. The summed E-state index contributed by atoms with van der Waals surface area (Å²) in [5.41, 5.74) is 0.814. The number of ether oxygens (including phenoxy) is 1. The molecule has 0 aliphatic carbocycles. The van der Waals surface area contributed by atoms with Gasteiger partial charge < -0.3 is 10.1 Å². The fourth-order valence-electron chi connectivity index (χ4n) is 1.86. The minimum Gasteiger partial charge on any atom is -0.497 e. The normalized spacial score (nSPS) is 10.7. The van der Waals surface area contributed by atoms with E-state index in [4.69, 9.17) is 4.74 Å². The maximum absolute atomic E-state index is 11.7. The van der Waals surface area contributed by atoms with Crippen LogP contribution >= 0.6 is 0 Å². The Morgan fingerprint density at radius 3 is 2.67 bits per heavy atom. The highest BCUT2D eigenvalue weighted by molar-refractivity contribution is 5.75. The lowest BCUT2D eigenvalue weighted by Crippen LogP contribution is -2.25. The second-order valence-corrected chi connectivity index (χ2v) is 5.08. The Hall–Kier alpha value is -2.44. The van der Waals surface area contributed by atoms with Crippen molar-refractivity contribution in [3.63, 3.8) is 0 Å². The molecule has 0 radical (unpaired) electrons. The van der Waals surface area contributed by atoms with E-state index in [1.165, 1.54) is 0 Å². The summed E-state index contributed by atoms with van der Waals surface area (Å²) in [6, 6.07) is 7.37. The number of tetrazole rings is 1. The highest BCUT2D eigenvalue weighted by Crippen LogP contribution is 2.14. The van der Waals surface area contributed by atoms with Crippen molar-refractivity contribution in [1.82, 2.24) is 25.5 Å². The maximum atomic E-state index is 11.7. The van der Waals surface area contributed by atoms with Crippen LogP contribution in [0.15, 0.2) is 24.3 Å². The first-order valence-electron chi connectivity index (χ1n) is 6.78. The third-order valence-electron chi connectivity index (χ3n) is 2.89. The first-order valence-corrected chi connectivity index (χ1v) is 6.78. The number of aromatic nitrogens is 4. The molecule has 0 aliphatic heterocycles. The fraction of sp³-hybridized carbons (Fsp3) is 0.429. The average Bonchev–Trinajstić information content (AvgIpc) is 2.93. The van der Waals surface area contributed by atoms with E-state index in [0.29, 0.717) is 24.7 Å². The fourth-order valence-corrected chi connectivity index (χ4v) is 1.86. The van der Waals surface area contributed by atoms with E-state index in [1.54, 1.807) is 11.8 Å². The van der Waals surface area contributed by atoms with Gasteiger partial charge in [0.05, 0.1) is 19.3 Å². The molecule has 0 spiro atoms. The molecule has 21 heavy (non-hydrogen) atoms. The quantitative estimate of drug-likeness (QED) is 0.867. The zero-order valence-electron chi connectivity index (χ0n) is 12.4. The van der Waals surface area contributed by atoms with E-state index in [1.807, 2.05) is 38.1 Å². The monoisotopic (exact) mass is 289 g/mol. The zero-order valence-corrected chi connectivity index (χ0v) is 12.4. The van der Waals surface area contributed by atoms with Crippen molar-refractivity contribution in [3.8, 4) is 11.4 Å². The molecule has 7 heteroatoms. The van der Waals surface area contributed by atoms with Crippen LogP contribution in [-0.4, -0.2) is 33.2 Å². The molecule has 1 heterocycles. The van der Waals surface area contributed by atoms with Gasteiger partial charge in [-0.3, -0.25) is 4.79 Å². The first-order chi connectivity index (χ1) is 10.1. The number of carbonyl (C=O) groups excluding carboxylic acids is 1. The third kappa shape index (κ3) is 4.01. The molecule has 1 N–H and O–H groups in total. The molecule has 0 aliphatic rings. The van der Waals surface area contributed by atoms with Crippen molar-refractivity contribution in [3.05, 3.63) is 30.1 Å². The van der Waals surface area contributed by atoms with Gasteiger partial charge in [0.25, 0.3) is 0 Å². The Morgan fingerprint density at radius 1 is 1.33 bits per heavy atom. The van der Waals surface area contributed by atoms with Crippen molar-refractivity contribution < 1.29 is 9.53 Å². The largest absolute Gasteiger partial charge is 0.497 e. The van der Waals surface area contributed by atoms with E-state index in [-0.39, 0.29) is 5.91 Å². The van der Waals surface area contributed by atoms with Crippen LogP contribution in [0.1, 0.15) is 26.1 Å². The van der Waals surface area contributed by atoms with Gasteiger partial charge in [0.2, 0.25) is 5.91 Å². The molecule has 1 amide bonds. The maximum Gasteiger partial charge on any atom is 0.220 e. The summed E-state index contributed by atoms with van der Waals surface area (Å²) < 4.78 is 6.71. The predicted molar refractivity (Wildman–Crippen MR) is 77.0 cm³/mol. The van der Waals surface area contributed by atoms with Crippen molar-refractivity contribution in [2.45, 2.75) is 26.8 Å². The van der Waals surface area contributed by atoms with Gasteiger partial charge in [-0.05, 0) is 40.6 Å². The summed E-state index contributed by atoms with van der Waals surface area (Å²) >= 11 is 0. The van der Waals surface area contributed by atoms with Gasteiger partial charge in [-0.1, -0.05) is 13.8 Å². The topological polar surface area (TPSA) is 81.9 Å². The molecule has 2 aromatic rings. The van der Waals surface area contributed by atoms with Gasteiger partial charge in [-0.25, -0.2) is 0 Å². The summed E-state index contributed by atoms with van der Waals surface area (Å²) in [6.45, 7) is 4.30. The SMILES string of the molecule is COc1ccc(-n2nnnc2CNC(=O)CC(C)C)cc1. The Bertz CT molecular complexity index is 592. The molecule has 0 saturated carbocycles. The standard InChI is InChI=1S/C14H19N5O2/c1-10(2)8-14(20)15-9-13-16-17-18-19(13)11-4-6-12(21-3)7-5-11/h4-7,10H,8-9H2,1-3H3,(H,15,20). The number of rotatable bonds is 6. The highest BCUT2D eigenvalue weighted by Gasteiger charge is 2.10. The van der Waals surface area contributed by atoms with Crippen LogP contribution in [0.25, 0.3) is 5.69 Å². The van der Waals surface area contributed by atoms with E-state index < -0.39 is 0 Å². The third-order valence-corrected chi connectivity index (χ3v) is 2.89. The van der Waals surface area contributed by atoms with Gasteiger partial charge >= 0.3 is 0 Å². The van der Waals surface area contributed by atoms with Gasteiger partial charge in [-0.15, -0.1) is 5.10 Å². The number of benzene rings is 1. The van der Waals surface area contributed by atoms with Gasteiger partial charge in [0.15, 0.2) is 5.82 Å². The smallest absolute Gasteiger partial charge is 0.220 e. The summed E-state index contributed by atoms with van der Waals surface area (Å²) in [6.07, 6.45) is 0.490. The Kier molecular flexibility index (Phi) is 4.86. The van der Waals surface area contributed by atoms with Gasteiger partial charge in [0.1, 0.15) is 5.75 Å². The van der Waals surface area contributed by atoms with Crippen LogP contribution in [0.3, 0.4) is 0 Å². The Morgan fingerprint density at radius 2 is 2.05 bits per heavy atom. The number of nitrogens with one attached hydrogen (secondary N) is 1. The highest BCUT2D eigenvalue weighted by atomic mass is 16.5. The molecule has 1 aromatic heterocycles. The number of nitrogens with zero attached hydrogens (tertiary/aromatic N) is 4. The number of carbonyl (C=O) groups is 1. The lowest BCUT2D eigenvalue weighted by molar-refractivity contribution is -0.122. The van der Waals surface area contributed by atoms with E-state index in [0.717, 1.165) is 11.4 Å². The second kappa shape index (κ2) is 6.83. The molecule has 1 aromatic carbocycles.